The van der Waals surface area contributed by atoms with Gasteiger partial charge in [-0.2, -0.15) is 0 Å². The Hall–Kier alpha value is -1.04. The van der Waals surface area contributed by atoms with Gasteiger partial charge in [0, 0.05) is 0 Å². The zero-order valence-corrected chi connectivity index (χ0v) is 9.51. The van der Waals surface area contributed by atoms with Crippen LogP contribution in [0.25, 0.3) is 6.08 Å². The molecule has 0 nitrogen and oxygen atoms in total. The lowest BCUT2D eigenvalue weighted by Gasteiger charge is -2.18. The van der Waals surface area contributed by atoms with E-state index >= 15 is 0 Å². The summed E-state index contributed by atoms with van der Waals surface area (Å²) in [7, 11) is 0. The highest BCUT2D eigenvalue weighted by atomic mass is 14.2. The van der Waals surface area contributed by atoms with Gasteiger partial charge >= 0.3 is 0 Å². The third-order valence-corrected chi connectivity index (χ3v) is 2.44. The number of allylic oxidation sites excluding steroid dienone is 1. The van der Waals surface area contributed by atoms with E-state index in [1.165, 1.54) is 18.4 Å². The lowest BCUT2D eigenvalue weighted by Crippen LogP contribution is -2.07. The highest BCUT2D eigenvalue weighted by Gasteiger charge is 2.11. The standard InChI is InChI=1S/C12H14.C2H6/c1-2-3-4-10-5-6-11-7-8-12(11)9-10;1-2/h3-6,9H,2,7-8H2,1H3;1-2H3/b4-3+;. The average molecular weight is 188 g/mol. The Kier molecular flexibility index (Phi) is 4.45. The molecule has 0 amide bonds. The fourth-order valence-electron chi connectivity index (χ4n) is 1.57. The quantitative estimate of drug-likeness (QED) is 0.651. The maximum Gasteiger partial charge on any atom is -0.0235 e. The van der Waals surface area contributed by atoms with Gasteiger partial charge in [0.25, 0.3) is 0 Å². The molecule has 76 valence electrons. The highest BCUT2D eigenvalue weighted by molar-refractivity contribution is 5.53. The first-order chi connectivity index (χ1) is 6.90. The molecular weight excluding hydrogens is 168 g/mol. The van der Waals surface area contributed by atoms with Gasteiger partial charge in [-0.1, -0.05) is 51.1 Å². The van der Waals surface area contributed by atoms with E-state index in [4.69, 9.17) is 0 Å². The molecule has 0 aliphatic heterocycles. The van der Waals surface area contributed by atoms with Crippen molar-refractivity contribution in [3.63, 3.8) is 0 Å². The lowest BCUT2D eigenvalue weighted by molar-refractivity contribution is 0.839. The van der Waals surface area contributed by atoms with Crippen LogP contribution in [0.3, 0.4) is 0 Å². The van der Waals surface area contributed by atoms with Crippen LogP contribution < -0.4 is 0 Å². The molecule has 2 rings (SSSR count). The second-order valence-electron chi connectivity index (χ2n) is 3.34. The van der Waals surface area contributed by atoms with Crippen LogP contribution in [0.5, 0.6) is 0 Å². The zero-order chi connectivity index (χ0) is 10.4. The topological polar surface area (TPSA) is 0 Å². The Labute approximate surface area is 87.7 Å². The predicted octanol–water partition coefficient (Wildman–Crippen LogP) is 4.23. The molecule has 0 saturated heterocycles. The van der Waals surface area contributed by atoms with Gasteiger partial charge < -0.3 is 0 Å². The fourth-order valence-corrected chi connectivity index (χ4v) is 1.57. The van der Waals surface area contributed by atoms with Crippen LogP contribution in [0.15, 0.2) is 24.3 Å². The molecule has 0 N–H and O–H groups in total. The van der Waals surface area contributed by atoms with Crippen LogP contribution >= 0.6 is 0 Å². The number of rotatable bonds is 2. The summed E-state index contributed by atoms with van der Waals surface area (Å²) >= 11 is 0. The van der Waals surface area contributed by atoms with Gasteiger partial charge in [-0.15, -0.1) is 0 Å². The highest BCUT2D eigenvalue weighted by Crippen LogP contribution is 2.24. The summed E-state index contributed by atoms with van der Waals surface area (Å²) in [6.07, 6.45) is 8.10. The van der Waals surface area contributed by atoms with Crippen molar-refractivity contribution >= 4 is 6.08 Å². The van der Waals surface area contributed by atoms with Crippen LogP contribution in [0, 0.1) is 0 Å². The second kappa shape index (κ2) is 5.64. The van der Waals surface area contributed by atoms with Gasteiger partial charge in [-0.05, 0) is 36.0 Å². The van der Waals surface area contributed by atoms with Gasteiger partial charge in [-0.3, -0.25) is 0 Å². The first kappa shape index (κ1) is 11.0. The normalized spacial score (nSPS) is 12.8. The van der Waals surface area contributed by atoms with E-state index in [2.05, 4.69) is 37.3 Å². The minimum atomic E-state index is 1.12. The summed E-state index contributed by atoms with van der Waals surface area (Å²) in [6, 6.07) is 6.78. The molecule has 0 heterocycles. The molecule has 14 heavy (non-hydrogen) atoms. The van der Waals surface area contributed by atoms with Crippen molar-refractivity contribution in [1.29, 1.82) is 0 Å². The summed E-state index contributed by atoms with van der Waals surface area (Å²) in [5.74, 6) is 0. The van der Waals surface area contributed by atoms with Gasteiger partial charge in [0.15, 0.2) is 0 Å². The van der Waals surface area contributed by atoms with Crippen molar-refractivity contribution < 1.29 is 0 Å². The first-order valence-electron chi connectivity index (χ1n) is 5.68. The smallest absolute Gasteiger partial charge is 0.0235 e. The molecule has 0 atom stereocenters. The molecule has 0 heteroatoms. The van der Waals surface area contributed by atoms with E-state index in [1.54, 1.807) is 11.1 Å². The number of hydrogen-bond donors (Lipinski definition) is 0. The average Bonchev–Trinajstić information content (AvgIpc) is 2.21. The van der Waals surface area contributed by atoms with Crippen molar-refractivity contribution in [2.45, 2.75) is 40.0 Å². The Balaban J connectivity index is 0.000000461. The van der Waals surface area contributed by atoms with Crippen molar-refractivity contribution in [2.75, 3.05) is 0 Å². The molecule has 1 aliphatic rings. The first-order valence-corrected chi connectivity index (χ1v) is 5.68. The van der Waals surface area contributed by atoms with Crippen LogP contribution in [0.2, 0.25) is 0 Å². The lowest BCUT2D eigenvalue weighted by atomic mass is 9.87. The summed E-state index contributed by atoms with van der Waals surface area (Å²) in [4.78, 5) is 0. The minimum absolute atomic E-state index is 1.12. The van der Waals surface area contributed by atoms with Crippen LogP contribution in [-0.4, -0.2) is 0 Å². The predicted molar refractivity (Wildman–Crippen MR) is 64.5 cm³/mol. The molecule has 1 aromatic rings. The van der Waals surface area contributed by atoms with E-state index in [-0.39, 0.29) is 0 Å². The van der Waals surface area contributed by atoms with Crippen molar-refractivity contribution in [1.82, 2.24) is 0 Å². The Morgan fingerprint density at radius 2 is 1.86 bits per heavy atom. The molecule has 0 bridgehead atoms. The summed E-state index contributed by atoms with van der Waals surface area (Å²) in [5.41, 5.74) is 4.45. The Morgan fingerprint density at radius 1 is 1.14 bits per heavy atom. The SMILES string of the molecule is CC.CC/C=C/c1ccc2c(c1)CC2. The largest absolute Gasteiger partial charge is 0.0842 e. The molecule has 0 saturated carbocycles. The maximum atomic E-state index is 2.31. The van der Waals surface area contributed by atoms with Crippen LogP contribution in [-0.2, 0) is 12.8 Å². The zero-order valence-electron chi connectivity index (χ0n) is 9.51. The monoisotopic (exact) mass is 188 g/mol. The van der Waals surface area contributed by atoms with Crippen molar-refractivity contribution in [2.24, 2.45) is 0 Å². The number of hydrogen-bond acceptors (Lipinski definition) is 0. The summed E-state index contributed by atoms with van der Waals surface area (Å²) < 4.78 is 0. The Morgan fingerprint density at radius 3 is 2.36 bits per heavy atom. The molecule has 1 aliphatic carbocycles. The molecular formula is C14H20. The van der Waals surface area contributed by atoms with E-state index < -0.39 is 0 Å². The second-order valence-corrected chi connectivity index (χ2v) is 3.34. The molecule has 0 fully saturated rings. The number of benzene rings is 1. The van der Waals surface area contributed by atoms with E-state index in [9.17, 15) is 0 Å². The summed E-state index contributed by atoms with van der Waals surface area (Å²) in [5, 5.41) is 0. The molecule has 0 aromatic heterocycles. The third-order valence-electron chi connectivity index (χ3n) is 2.44. The molecule has 0 radical (unpaired) electrons. The van der Waals surface area contributed by atoms with Crippen LogP contribution in [0.1, 0.15) is 43.9 Å². The van der Waals surface area contributed by atoms with Gasteiger partial charge in [0.05, 0.1) is 0 Å². The van der Waals surface area contributed by atoms with E-state index in [1.807, 2.05) is 13.8 Å². The molecule has 1 aromatic carbocycles. The number of aryl methyl sites for hydroxylation is 2. The minimum Gasteiger partial charge on any atom is -0.0842 e. The van der Waals surface area contributed by atoms with Gasteiger partial charge in [0.2, 0.25) is 0 Å². The number of fused-ring (bicyclic) bond motifs is 1. The van der Waals surface area contributed by atoms with Crippen molar-refractivity contribution in [3.8, 4) is 0 Å². The molecule has 0 unspecified atom stereocenters. The van der Waals surface area contributed by atoms with E-state index in [0.29, 0.717) is 0 Å². The maximum absolute atomic E-state index is 2.31. The van der Waals surface area contributed by atoms with Crippen LogP contribution in [0.4, 0.5) is 0 Å². The Bertz CT molecular complexity index is 308. The molecule has 0 spiro atoms. The van der Waals surface area contributed by atoms with E-state index in [0.717, 1.165) is 6.42 Å². The van der Waals surface area contributed by atoms with Crippen molar-refractivity contribution in [3.05, 3.63) is 41.0 Å². The van der Waals surface area contributed by atoms with Gasteiger partial charge in [0.1, 0.15) is 0 Å². The third kappa shape index (κ3) is 2.47. The summed E-state index contributed by atoms with van der Waals surface area (Å²) in [6.45, 7) is 6.16. The van der Waals surface area contributed by atoms with Gasteiger partial charge in [-0.25, -0.2) is 0 Å². The fraction of sp³-hybridized carbons (Fsp3) is 0.429.